The second kappa shape index (κ2) is 7.52. The smallest absolute Gasteiger partial charge is 0.169 e. The quantitative estimate of drug-likeness (QED) is 0.237. The van der Waals surface area contributed by atoms with E-state index in [1.54, 1.807) is 0 Å². The molecule has 0 unspecified atom stereocenters. The molecule has 0 amide bonds. The van der Waals surface area contributed by atoms with E-state index in [-0.39, 0.29) is 0 Å². The van der Waals surface area contributed by atoms with Gasteiger partial charge in [-0.3, -0.25) is 4.40 Å². The van der Waals surface area contributed by atoms with Crippen LogP contribution in [0.4, 0.5) is 0 Å². The van der Waals surface area contributed by atoms with Crippen LogP contribution in [0.2, 0.25) is 0 Å². The van der Waals surface area contributed by atoms with Crippen molar-refractivity contribution in [1.82, 2.24) is 19.2 Å². The Bertz CT molecular complexity index is 2090. The molecule has 0 bridgehead atoms. The van der Waals surface area contributed by atoms with Crippen molar-refractivity contribution in [2.45, 2.75) is 6.92 Å². The summed E-state index contributed by atoms with van der Waals surface area (Å²) >= 11 is 0. The van der Waals surface area contributed by atoms with E-state index in [9.17, 15) is 0 Å². The summed E-state index contributed by atoms with van der Waals surface area (Å²) in [7, 11) is 0. The lowest BCUT2D eigenvalue weighted by atomic mass is 10.0. The van der Waals surface area contributed by atoms with Crippen LogP contribution in [0.1, 0.15) is 5.56 Å². The summed E-state index contributed by atoms with van der Waals surface area (Å²) in [6.45, 7) is 2.16. The van der Waals surface area contributed by atoms with Gasteiger partial charge in [0.2, 0.25) is 0 Å². The van der Waals surface area contributed by atoms with Gasteiger partial charge in [0.05, 0.1) is 16.6 Å². The number of hydrogen-bond donors (Lipinski definition) is 0. The molecule has 0 N–H and O–H groups in total. The maximum absolute atomic E-state index is 4.69. The molecule has 8 rings (SSSR count). The largest absolute Gasteiger partial charge is 0.309 e. The summed E-state index contributed by atoms with van der Waals surface area (Å²) < 4.78 is 4.54. The van der Waals surface area contributed by atoms with Crippen LogP contribution in [0.5, 0.6) is 0 Å². The molecular weight excluding hydrogens is 452 g/mol. The van der Waals surface area contributed by atoms with E-state index < -0.39 is 0 Å². The van der Waals surface area contributed by atoms with Crippen LogP contribution in [0, 0.1) is 6.92 Å². The highest BCUT2D eigenvalue weighted by Gasteiger charge is 2.17. The van der Waals surface area contributed by atoms with Crippen LogP contribution in [0.3, 0.4) is 0 Å². The summed E-state index contributed by atoms with van der Waals surface area (Å²) in [5, 5.41) is 15.5. The molecule has 3 heterocycles. The van der Waals surface area contributed by atoms with Crippen molar-refractivity contribution in [3.05, 3.63) is 121 Å². The third-order valence-electron chi connectivity index (χ3n) is 7.55. The number of nitrogens with zero attached hydrogens (tertiary/aromatic N) is 4. The Morgan fingerprint density at radius 3 is 1.81 bits per heavy atom. The normalized spacial score (nSPS) is 11.9. The number of rotatable bonds is 2. The molecule has 174 valence electrons. The number of fused-ring (bicyclic) bond motifs is 9. The molecule has 0 spiro atoms. The first-order valence-corrected chi connectivity index (χ1v) is 12.5. The predicted octanol–water partition coefficient (Wildman–Crippen LogP) is 8.11. The number of para-hydroxylation sites is 3. The topological polar surface area (TPSA) is 35.1 Å². The molecule has 8 aromatic rings. The fourth-order valence-electron chi connectivity index (χ4n) is 5.93. The van der Waals surface area contributed by atoms with Crippen LogP contribution >= 0.6 is 0 Å². The summed E-state index contributed by atoms with van der Waals surface area (Å²) in [5.41, 5.74) is 7.82. The molecule has 0 atom stereocenters. The van der Waals surface area contributed by atoms with Gasteiger partial charge in [-0.05, 0) is 60.3 Å². The van der Waals surface area contributed by atoms with E-state index in [0.717, 1.165) is 33.6 Å². The summed E-state index contributed by atoms with van der Waals surface area (Å²) in [6.07, 6.45) is 0. The average Bonchev–Trinajstić information content (AvgIpc) is 3.54. The highest BCUT2D eigenvalue weighted by molar-refractivity contribution is 6.13. The van der Waals surface area contributed by atoms with Crippen LogP contribution in [0.25, 0.3) is 66.2 Å². The number of pyridine rings is 1. The fourth-order valence-corrected chi connectivity index (χ4v) is 5.93. The fraction of sp³-hybridized carbons (Fsp3) is 0.0303. The first-order chi connectivity index (χ1) is 18.3. The van der Waals surface area contributed by atoms with E-state index >= 15 is 0 Å². The Kier molecular flexibility index (Phi) is 4.12. The van der Waals surface area contributed by atoms with Gasteiger partial charge in [0.15, 0.2) is 11.5 Å². The molecule has 0 saturated heterocycles. The lowest BCUT2D eigenvalue weighted by Gasteiger charge is -2.12. The van der Waals surface area contributed by atoms with Crippen molar-refractivity contribution in [2.75, 3.05) is 0 Å². The maximum atomic E-state index is 4.69. The summed E-state index contributed by atoms with van der Waals surface area (Å²) in [4.78, 5) is 0. The average molecular weight is 475 g/mol. The molecule has 0 saturated carbocycles. The first kappa shape index (κ1) is 20.3. The van der Waals surface area contributed by atoms with E-state index in [1.807, 2.05) is 0 Å². The Morgan fingerprint density at radius 1 is 0.514 bits per heavy atom. The van der Waals surface area contributed by atoms with Gasteiger partial charge in [0.25, 0.3) is 0 Å². The van der Waals surface area contributed by atoms with Crippen molar-refractivity contribution in [3.8, 4) is 17.1 Å². The molecule has 0 aliphatic rings. The van der Waals surface area contributed by atoms with Crippen molar-refractivity contribution < 1.29 is 0 Å². The number of aryl methyl sites for hydroxylation is 1. The van der Waals surface area contributed by atoms with Gasteiger partial charge < -0.3 is 4.57 Å². The molecule has 37 heavy (non-hydrogen) atoms. The van der Waals surface area contributed by atoms with Gasteiger partial charge in [-0.2, -0.15) is 0 Å². The molecule has 4 nitrogen and oxygen atoms in total. The lowest BCUT2D eigenvalue weighted by Crippen LogP contribution is -1.96. The minimum Gasteiger partial charge on any atom is -0.309 e. The zero-order chi connectivity index (χ0) is 24.5. The van der Waals surface area contributed by atoms with Crippen molar-refractivity contribution in [2.24, 2.45) is 0 Å². The van der Waals surface area contributed by atoms with Crippen LogP contribution in [-0.2, 0) is 0 Å². The molecular formula is C33H22N4. The van der Waals surface area contributed by atoms with Gasteiger partial charge in [-0.15, -0.1) is 10.2 Å². The van der Waals surface area contributed by atoms with E-state index in [0.29, 0.717) is 0 Å². The number of hydrogen-bond acceptors (Lipinski definition) is 2. The Hall–Kier alpha value is -4.96. The zero-order valence-electron chi connectivity index (χ0n) is 20.3. The highest BCUT2D eigenvalue weighted by Crippen LogP contribution is 2.35. The second-order valence-electron chi connectivity index (χ2n) is 9.61. The van der Waals surface area contributed by atoms with Crippen molar-refractivity contribution in [1.29, 1.82) is 0 Å². The summed E-state index contributed by atoms with van der Waals surface area (Å²) in [5.74, 6) is 0.850. The molecule has 3 aromatic heterocycles. The molecule has 0 aliphatic heterocycles. The second-order valence-corrected chi connectivity index (χ2v) is 9.61. The molecule has 0 fully saturated rings. The van der Waals surface area contributed by atoms with Gasteiger partial charge in [-0.25, -0.2) is 0 Å². The van der Waals surface area contributed by atoms with E-state index in [2.05, 4.69) is 136 Å². The predicted molar refractivity (Wildman–Crippen MR) is 153 cm³/mol. The van der Waals surface area contributed by atoms with Crippen LogP contribution < -0.4 is 0 Å². The van der Waals surface area contributed by atoms with E-state index in [4.69, 9.17) is 5.10 Å². The number of aromatic nitrogens is 4. The Morgan fingerprint density at radius 2 is 1.11 bits per heavy atom. The molecule has 0 aliphatic carbocycles. The van der Waals surface area contributed by atoms with Gasteiger partial charge in [0.1, 0.15) is 0 Å². The van der Waals surface area contributed by atoms with Crippen molar-refractivity contribution in [3.63, 3.8) is 0 Å². The third kappa shape index (κ3) is 2.78. The standard InChI is InChI=1S/C33H22N4/c1-21-9-8-13-27-31(21)26-12-4-7-16-30(26)37-32(34-35-33(27)37)22-17-19-23(20-18-22)36-28-14-5-2-10-24(28)25-11-3-6-15-29(25)36/h2-20H,1H3. The zero-order valence-corrected chi connectivity index (χ0v) is 20.3. The molecule has 5 aromatic carbocycles. The van der Waals surface area contributed by atoms with Crippen molar-refractivity contribution >= 4 is 49.1 Å². The monoisotopic (exact) mass is 474 g/mol. The molecule has 0 radical (unpaired) electrons. The van der Waals surface area contributed by atoms with Gasteiger partial charge in [0, 0.05) is 32.8 Å². The van der Waals surface area contributed by atoms with E-state index in [1.165, 1.54) is 38.1 Å². The minimum atomic E-state index is 0.850. The van der Waals surface area contributed by atoms with Gasteiger partial charge >= 0.3 is 0 Å². The molecule has 4 heteroatoms. The Labute approximate surface area is 213 Å². The third-order valence-corrected chi connectivity index (χ3v) is 7.55. The number of benzene rings is 5. The van der Waals surface area contributed by atoms with Crippen LogP contribution in [0.15, 0.2) is 115 Å². The first-order valence-electron chi connectivity index (χ1n) is 12.5. The van der Waals surface area contributed by atoms with Gasteiger partial charge in [-0.1, -0.05) is 72.8 Å². The Balaban J connectivity index is 1.36. The summed E-state index contributed by atoms with van der Waals surface area (Å²) in [6, 6.07) is 40.8. The highest BCUT2D eigenvalue weighted by atomic mass is 15.2. The lowest BCUT2D eigenvalue weighted by molar-refractivity contribution is 1.11. The SMILES string of the molecule is Cc1cccc2c1c1ccccc1n1c(-c3ccc(-n4c5ccccc5c5ccccc54)cc3)nnc21. The van der Waals surface area contributed by atoms with Crippen LogP contribution in [-0.4, -0.2) is 19.2 Å². The minimum absolute atomic E-state index is 0.850. The maximum Gasteiger partial charge on any atom is 0.169 e.